The van der Waals surface area contributed by atoms with Gasteiger partial charge in [0, 0.05) is 17.7 Å². The molecule has 1 N–H and O–H groups in total. The summed E-state index contributed by atoms with van der Waals surface area (Å²) in [6.07, 6.45) is 0.644. The number of urea groups is 1. The van der Waals surface area contributed by atoms with Crippen LogP contribution in [0.3, 0.4) is 0 Å². The summed E-state index contributed by atoms with van der Waals surface area (Å²) < 4.78 is 17.0. The van der Waals surface area contributed by atoms with E-state index in [1.165, 1.54) is 0 Å². The summed E-state index contributed by atoms with van der Waals surface area (Å²) >= 11 is 0. The van der Waals surface area contributed by atoms with Crippen LogP contribution in [0, 0.1) is 0 Å². The van der Waals surface area contributed by atoms with Gasteiger partial charge in [0.2, 0.25) is 0 Å². The Balaban J connectivity index is 1.78. The van der Waals surface area contributed by atoms with Crippen LogP contribution in [0.1, 0.15) is 24.9 Å². The Labute approximate surface area is 146 Å². The molecule has 2 bridgehead atoms. The molecule has 2 aromatic carbocycles. The summed E-state index contributed by atoms with van der Waals surface area (Å²) in [4.78, 5) is 14.5. The van der Waals surface area contributed by atoms with Crippen molar-refractivity contribution in [1.29, 1.82) is 0 Å². The summed E-state index contributed by atoms with van der Waals surface area (Å²) in [6, 6.07) is 12.8. The lowest BCUT2D eigenvalue weighted by molar-refractivity contribution is 0.0349. The van der Waals surface area contributed by atoms with Crippen molar-refractivity contribution in [3.63, 3.8) is 0 Å². The molecule has 2 heterocycles. The fourth-order valence-electron chi connectivity index (χ4n) is 3.64. The number of carbonyl (C=O) groups is 1. The molecule has 0 aromatic heterocycles. The maximum absolute atomic E-state index is 12.8. The monoisotopic (exact) mass is 340 g/mol. The average Bonchev–Trinajstić information content (AvgIpc) is 2.61. The molecule has 130 valence electrons. The lowest BCUT2D eigenvalue weighted by Gasteiger charge is -2.50. The zero-order valence-corrected chi connectivity index (χ0v) is 14.4. The van der Waals surface area contributed by atoms with E-state index in [0.717, 1.165) is 17.0 Å². The number of ether oxygens (including phenoxy) is 3. The SMILES string of the molecule is COc1ccc(N2C(=O)NC3CC2(C)Oc2c(OC)cccc23)cc1. The average molecular weight is 340 g/mol. The quantitative estimate of drug-likeness (QED) is 0.929. The Hall–Kier alpha value is -2.89. The summed E-state index contributed by atoms with van der Waals surface area (Å²) in [5.74, 6) is 2.09. The summed E-state index contributed by atoms with van der Waals surface area (Å²) in [7, 11) is 3.23. The number of methoxy groups -OCH3 is 2. The molecule has 0 spiro atoms. The minimum atomic E-state index is -0.802. The number of rotatable bonds is 3. The van der Waals surface area contributed by atoms with Crippen molar-refractivity contribution in [2.24, 2.45) is 0 Å². The van der Waals surface area contributed by atoms with Crippen molar-refractivity contribution in [2.45, 2.75) is 25.1 Å². The minimum absolute atomic E-state index is 0.106. The molecule has 2 aromatic rings. The normalized spacial score (nSPS) is 24.0. The number of hydrogen-bond acceptors (Lipinski definition) is 4. The Bertz CT molecular complexity index is 821. The molecule has 2 atom stereocenters. The number of nitrogens with one attached hydrogen (secondary N) is 1. The van der Waals surface area contributed by atoms with Gasteiger partial charge in [-0.1, -0.05) is 12.1 Å². The molecular formula is C19H20N2O4. The van der Waals surface area contributed by atoms with Crippen LogP contribution < -0.4 is 24.4 Å². The molecule has 6 heteroatoms. The molecular weight excluding hydrogens is 320 g/mol. The van der Waals surface area contributed by atoms with E-state index >= 15 is 0 Å². The van der Waals surface area contributed by atoms with Crippen molar-refractivity contribution >= 4 is 11.7 Å². The standard InChI is InChI=1S/C19H20N2O4/c1-19-11-15(14-5-4-6-16(24-3)17(14)25-19)20-18(22)21(19)12-7-9-13(23-2)10-8-12/h4-10,15H,11H2,1-3H3,(H,20,22). The van der Waals surface area contributed by atoms with Gasteiger partial charge in [0.1, 0.15) is 5.75 Å². The highest BCUT2D eigenvalue weighted by atomic mass is 16.5. The molecule has 0 aliphatic carbocycles. The molecule has 2 aliphatic rings. The van der Waals surface area contributed by atoms with Crippen molar-refractivity contribution in [3.8, 4) is 17.2 Å². The molecule has 0 radical (unpaired) electrons. The zero-order valence-electron chi connectivity index (χ0n) is 14.4. The molecule has 1 saturated heterocycles. The van der Waals surface area contributed by atoms with Crippen molar-refractivity contribution in [2.75, 3.05) is 19.1 Å². The van der Waals surface area contributed by atoms with Crippen molar-refractivity contribution in [1.82, 2.24) is 5.32 Å². The van der Waals surface area contributed by atoms with Crippen LogP contribution in [0.2, 0.25) is 0 Å². The highest BCUT2D eigenvalue weighted by Gasteiger charge is 2.50. The first kappa shape index (κ1) is 15.6. The smallest absolute Gasteiger partial charge is 0.325 e. The Morgan fingerprint density at radius 1 is 1.16 bits per heavy atom. The van der Waals surface area contributed by atoms with Crippen LogP contribution in [0.4, 0.5) is 10.5 Å². The van der Waals surface area contributed by atoms with Crippen LogP contribution in [0.5, 0.6) is 17.2 Å². The minimum Gasteiger partial charge on any atom is -0.497 e. The Kier molecular flexibility index (Phi) is 3.49. The molecule has 2 amide bonds. The number of hydrogen-bond donors (Lipinski definition) is 1. The third kappa shape index (κ3) is 2.36. The van der Waals surface area contributed by atoms with Crippen LogP contribution >= 0.6 is 0 Å². The predicted octanol–water partition coefficient (Wildman–Crippen LogP) is 3.47. The van der Waals surface area contributed by atoms with Crippen molar-refractivity contribution < 1.29 is 19.0 Å². The fourth-order valence-corrected chi connectivity index (χ4v) is 3.64. The number of benzene rings is 2. The number of amides is 2. The second kappa shape index (κ2) is 5.58. The van der Waals surface area contributed by atoms with E-state index in [9.17, 15) is 4.79 Å². The van der Waals surface area contributed by atoms with Crippen molar-refractivity contribution in [3.05, 3.63) is 48.0 Å². The van der Waals surface area contributed by atoms with Gasteiger partial charge in [-0.05, 0) is 37.3 Å². The first-order chi connectivity index (χ1) is 12.1. The predicted molar refractivity (Wildman–Crippen MR) is 93.4 cm³/mol. The van der Waals surface area contributed by atoms with Gasteiger partial charge in [0.25, 0.3) is 0 Å². The molecule has 2 aliphatic heterocycles. The second-order valence-electron chi connectivity index (χ2n) is 6.40. The van der Waals surface area contributed by atoms with Crippen LogP contribution in [0.15, 0.2) is 42.5 Å². The zero-order chi connectivity index (χ0) is 17.6. The molecule has 6 nitrogen and oxygen atoms in total. The molecule has 0 saturated carbocycles. The number of carbonyl (C=O) groups excluding carboxylic acids is 1. The van der Waals surface area contributed by atoms with E-state index in [1.807, 2.05) is 49.4 Å². The van der Waals surface area contributed by atoms with Crippen LogP contribution in [-0.4, -0.2) is 26.0 Å². The molecule has 1 fully saturated rings. The van der Waals surface area contributed by atoms with Gasteiger partial charge in [-0.15, -0.1) is 0 Å². The summed E-state index contributed by atoms with van der Waals surface area (Å²) in [5, 5.41) is 3.08. The number of anilines is 1. The van der Waals surface area contributed by atoms with Gasteiger partial charge >= 0.3 is 6.03 Å². The van der Waals surface area contributed by atoms with E-state index < -0.39 is 5.72 Å². The van der Waals surface area contributed by atoms with E-state index in [2.05, 4.69) is 5.32 Å². The van der Waals surface area contributed by atoms with Gasteiger partial charge in [-0.3, -0.25) is 4.90 Å². The lowest BCUT2D eigenvalue weighted by atomic mass is 9.90. The molecule has 2 unspecified atom stereocenters. The van der Waals surface area contributed by atoms with E-state index in [-0.39, 0.29) is 12.1 Å². The van der Waals surface area contributed by atoms with Gasteiger partial charge < -0.3 is 19.5 Å². The van der Waals surface area contributed by atoms with Gasteiger partial charge in [-0.25, -0.2) is 4.79 Å². The highest BCUT2D eigenvalue weighted by molar-refractivity contribution is 5.95. The third-order valence-corrected chi connectivity index (χ3v) is 4.81. The molecule has 4 rings (SSSR count). The molecule has 25 heavy (non-hydrogen) atoms. The number of para-hydroxylation sites is 1. The Morgan fingerprint density at radius 2 is 1.92 bits per heavy atom. The van der Waals surface area contributed by atoms with Crippen LogP contribution in [-0.2, 0) is 0 Å². The van der Waals surface area contributed by atoms with Gasteiger partial charge in [0.05, 0.1) is 20.3 Å². The van der Waals surface area contributed by atoms with Crippen LogP contribution in [0.25, 0.3) is 0 Å². The van der Waals surface area contributed by atoms with E-state index in [0.29, 0.717) is 17.9 Å². The highest BCUT2D eigenvalue weighted by Crippen LogP contribution is 2.49. The largest absolute Gasteiger partial charge is 0.497 e. The lowest BCUT2D eigenvalue weighted by Crippen LogP contribution is -2.65. The topological polar surface area (TPSA) is 60.0 Å². The maximum Gasteiger partial charge on any atom is 0.325 e. The summed E-state index contributed by atoms with van der Waals surface area (Å²) in [6.45, 7) is 1.93. The second-order valence-corrected chi connectivity index (χ2v) is 6.40. The first-order valence-corrected chi connectivity index (χ1v) is 8.16. The van der Waals surface area contributed by atoms with E-state index in [4.69, 9.17) is 14.2 Å². The number of nitrogens with zero attached hydrogens (tertiary/aromatic N) is 1. The third-order valence-electron chi connectivity index (χ3n) is 4.81. The Morgan fingerprint density at radius 3 is 2.60 bits per heavy atom. The van der Waals surface area contributed by atoms with Gasteiger partial charge in [0.15, 0.2) is 17.2 Å². The maximum atomic E-state index is 12.8. The number of fused-ring (bicyclic) bond motifs is 4. The van der Waals surface area contributed by atoms with E-state index in [1.54, 1.807) is 19.1 Å². The fraction of sp³-hybridized carbons (Fsp3) is 0.316. The first-order valence-electron chi connectivity index (χ1n) is 8.16. The van der Waals surface area contributed by atoms with Gasteiger partial charge in [-0.2, -0.15) is 0 Å². The summed E-state index contributed by atoms with van der Waals surface area (Å²) in [5.41, 5.74) is 0.889.